The average molecular weight is 493 g/mol. The molecule has 1 aromatic heterocycles. The second-order valence-corrected chi connectivity index (χ2v) is 10.3. The molecular formula is C22H22ClFN4O4S. The van der Waals surface area contributed by atoms with E-state index in [0.717, 1.165) is 0 Å². The van der Waals surface area contributed by atoms with Crippen LogP contribution in [0.25, 0.3) is 11.4 Å². The third kappa shape index (κ3) is 4.92. The highest BCUT2D eigenvalue weighted by Crippen LogP contribution is 2.32. The van der Waals surface area contributed by atoms with Gasteiger partial charge in [0.25, 0.3) is 0 Å². The first kappa shape index (κ1) is 23.3. The molecule has 1 atom stereocenters. The summed E-state index contributed by atoms with van der Waals surface area (Å²) in [5.41, 5.74) is 1.25. The highest BCUT2D eigenvalue weighted by Gasteiger charge is 2.34. The Bertz CT molecular complexity index is 1310. The minimum atomic E-state index is -3.99. The Morgan fingerprint density at radius 3 is 2.73 bits per heavy atom. The minimum Gasteiger partial charge on any atom is -0.339 e. The van der Waals surface area contributed by atoms with Crippen molar-refractivity contribution in [1.82, 2.24) is 14.4 Å². The molecule has 174 valence electrons. The molecule has 2 aromatic carbocycles. The smallest absolute Gasteiger partial charge is 0.244 e. The van der Waals surface area contributed by atoms with Gasteiger partial charge < -0.3 is 9.84 Å². The average Bonchev–Trinajstić information content (AvgIpc) is 3.23. The molecule has 0 spiro atoms. The number of halogens is 2. The van der Waals surface area contributed by atoms with Crippen molar-refractivity contribution in [3.05, 3.63) is 58.7 Å². The molecule has 33 heavy (non-hydrogen) atoms. The van der Waals surface area contributed by atoms with Crippen LogP contribution in [0.15, 0.2) is 45.8 Å². The Kier molecular flexibility index (Phi) is 6.51. The van der Waals surface area contributed by atoms with Gasteiger partial charge in [0.1, 0.15) is 10.7 Å². The molecule has 1 aliphatic heterocycles. The van der Waals surface area contributed by atoms with Crippen molar-refractivity contribution in [3.63, 3.8) is 0 Å². The number of carbonyl (C=O) groups is 1. The van der Waals surface area contributed by atoms with Gasteiger partial charge in [0, 0.05) is 31.3 Å². The van der Waals surface area contributed by atoms with Crippen LogP contribution in [0.1, 0.15) is 24.3 Å². The van der Waals surface area contributed by atoms with Gasteiger partial charge in [-0.25, -0.2) is 12.8 Å². The van der Waals surface area contributed by atoms with Crippen LogP contribution in [0.3, 0.4) is 0 Å². The summed E-state index contributed by atoms with van der Waals surface area (Å²) in [7, 11) is -3.99. The second kappa shape index (κ2) is 9.20. The van der Waals surface area contributed by atoms with Crippen LogP contribution in [-0.2, 0) is 14.8 Å². The summed E-state index contributed by atoms with van der Waals surface area (Å²) >= 11 is 6.24. The molecule has 1 saturated heterocycles. The van der Waals surface area contributed by atoms with E-state index in [2.05, 4.69) is 15.5 Å². The monoisotopic (exact) mass is 492 g/mol. The van der Waals surface area contributed by atoms with Gasteiger partial charge in [0.2, 0.25) is 27.6 Å². The van der Waals surface area contributed by atoms with Crippen LogP contribution >= 0.6 is 11.6 Å². The molecule has 0 radical (unpaired) electrons. The van der Waals surface area contributed by atoms with Gasteiger partial charge >= 0.3 is 0 Å². The molecule has 1 aliphatic rings. The van der Waals surface area contributed by atoms with E-state index in [9.17, 15) is 17.6 Å². The molecule has 4 rings (SSSR count). The third-order valence-corrected chi connectivity index (χ3v) is 7.88. The highest BCUT2D eigenvalue weighted by molar-refractivity contribution is 7.89. The maximum absolute atomic E-state index is 13.8. The molecule has 2 heterocycles. The zero-order chi connectivity index (χ0) is 23.8. The number of rotatable bonds is 5. The van der Waals surface area contributed by atoms with Gasteiger partial charge in [-0.2, -0.15) is 9.29 Å². The van der Waals surface area contributed by atoms with Crippen LogP contribution in [0.4, 0.5) is 10.1 Å². The maximum Gasteiger partial charge on any atom is 0.244 e. The van der Waals surface area contributed by atoms with Crippen LogP contribution in [-0.4, -0.2) is 41.9 Å². The van der Waals surface area contributed by atoms with Crippen molar-refractivity contribution in [3.8, 4) is 11.4 Å². The van der Waals surface area contributed by atoms with Crippen LogP contribution in [0.2, 0.25) is 5.02 Å². The number of amides is 1. The largest absolute Gasteiger partial charge is 0.339 e. The number of hydrogen-bond donors (Lipinski definition) is 1. The number of carbonyl (C=O) groups excluding carboxylic acids is 1. The van der Waals surface area contributed by atoms with Gasteiger partial charge in [-0.15, -0.1) is 0 Å². The molecule has 3 aromatic rings. The van der Waals surface area contributed by atoms with Gasteiger partial charge in [-0.05, 0) is 55.7 Å². The van der Waals surface area contributed by atoms with E-state index in [0.29, 0.717) is 35.5 Å². The lowest BCUT2D eigenvalue weighted by Gasteiger charge is -2.31. The first-order valence-electron chi connectivity index (χ1n) is 10.3. The van der Waals surface area contributed by atoms with Gasteiger partial charge in [-0.1, -0.05) is 22.8 Å². The van der Waals surface area contributed by atoms with E-state index >= 15 is 0 Å². The van der Waals surface area contributed by atoms with Crippen molar-refractivity contribution in [2.24, 2.45) is 5.92 Å². The fourth-order valence-corrected chi connectivity index (χ4v) is 5.71. The molecule has 1 amide bonds. The third-order valence-electron chi connectivity index (χ3n) is 5.53. The molecule has 11 heteroatoms. The molecule has 0 bridgehead atoms. The van der Waals surface area contributed by atoms with Crippen molar-refractivity contribution in [1.29, 1.82) is 0 Å². The summed E-state index contributed by atoms with van der Waals surface area (Å²) < 4.78 is 46.8. The molecular weight excluding hydrogens is 471 g/mol. The molecule has 1 N–H and O–H groups in total. The summed E-state index contributed by atoms with van der Waals surface area (Å²) in [5, 5.41) is 6.56. The predicted octanol–water partition coefficient (Wildman–Crippen LogP) is 4.19. The number of hydrogen-bond acceptors (Lipinski definition) is 6. The summed E-state index contributed by atoms with van der Waals surface area (Å²) in [4.78, 5) is 16.8. The molecule has 8 nitrogen and oxygen atoms in total. The standard InChI is InChI=1S/C22H22ClFN4O4S/c1-13-5-7-17(11-19(13)24)26-22(29)16-4-3-9-28(12-16)33(30,31)20-10-15(6-8-18(20)23)21-25-14(2)32-27-21/h5-8,10-11,16H,3-4,9,12H2,1-2H3,(H,26,29). The molecule has 1 unspecified atom stereocenters. The highest BCUT2D eigenvalue weighted by atomic mass is 35.5. The Hall–Kier alpha value is -2.82. The van der Waals surface area contributed by atoms with Crippen LogP contribution in [0.5, 0.6) is 0 Å². The summed E-state index contributed by atoms with van der Waals surface area (Å²) in [6, 6.07) is 8.91. The van der Waals surface area contributed by atoms with Gasteiger partial charge in [0.05, 0.1) is 10.9 Å². The van der Waals surface area contributed by atoms with Crippen LogP contribution < -0.4 is 5.32 Å². The first-order valence-corrected chi connectivity index (χ1v) is 12.1. The quantitative estimate of drug-likeness (QED) is 0.572. The fourth-order valence-electron chi connectivity index (χ4n) is 3.69. The number of aryl methyl sites for hydroxylation is 2. The Morgan fingerprint density at radius 1 is 1.24 bits per heavy atom. The van der Waals surface area contributed by atoms with Crippen molar-refractivity contribution >= 4 is 33.2 Å². The number of benzene rings is 2. The van der Waals surface area contributed by atoms with Gasteiger partial charge in [-0.3, -0.25) is 4.79 Å². The zero-order valence-electron chi connectivity index (χ0n) is 18.0. The lowest BCUT2D eigenvalue weighted by atomic mass is 9.98. The number of nitrogens with zero attached hydrogens (tertiary/aromatic N) is 3. The summed E-state index contributed by atoms with van der Waals surface area (Å²) in [6.45, 7) is 3.51. The van der Waals surface area contributed by atoms with E-state index in [1.807, 2.05) is 0 Å². The second-order valence-electron chi connectivity index (χ2n) is 7.94. The van der Waals surface area contributed by atoms with Crippen LogP contribution in [0, 0.1) is 25.6 Å². The van der Waals surface area contributed by atoms with Crippen molar-refractivity contribution in [2.45, 2.75) is 31.6 Å². The maximum atomic E-state index is 13.8. The zero-order valence-corrected chi connectivity index (χ0v) is 19.6. The lowest BCUT2D eigenvalue weighted by molar-refractivity contribution is -0.120. The number of aromatic nitrogens is 2. The molecule has 1 fully saturated rings. The van der Waals surface area contributed by atoms with E-state index in [1.54, 1.807) is 32.0 Å². The molecule has 0 saturated carbocycles. The normalized spacial score (nSPS) is 17.2. The van der Waals surface area contributed by atoms with Crippen molar-refractivity contribution in [2.75, 3.05) is 18.4 Å². The molecule has 0 aliphatic carbocycles. The van der Waals surface area contributed by atoms with E-state index < -0.39 is 21.8 Å². The minimum absolute atomic E-state index is 0.00954. The number of anilines is 1. The summed E-state index contributed by atoms with van der Waals surface area (Å²) in [5.74, 6) is -0.767. The van der Waals surface area contributed by atoms with E-state index in [4.69, 9.17) is 16.1 Å². The Labute approximate surface area is 195 Å². The number of piperidine rings is 1. The number of nitrogens with one attached hydrogen (secondary N) is 1. The summed E-state index contributed by atoms with van der Waals surface area (Å²) in [6.07, 6.45) is 1.02. The number of sulfonamides is 1. The van der Waals surface area contributed by atoms with E-state index in [-0.39, 0.29) is 34.7 Å². The van der Waals surface area contributed by atoms with E-state index in [1.165, 1.54) is 22.5 Å². The first-order chi connectivity index (χ1) is 15.6. The fraction of sp³-hybridized carbons (Fsp3) is 0.318. The SMILES string of the molecule is Cc1nc(-c2ccc(Cl)c(S(=O)(=O)N3CCCC(C(=O)Nc4ccc(C)c(F)c4)C3)c2)no1. The lowest BCUT2D eigenvalue weighted by Crippen LogP contribution is -2.43. The topological polar surface area (TPSA) is 105 Å². The Morgan fingerprint density at radius 2 is 2.03 bits per heavy atom. The Balaban J connectivity index is 1.54. The van der Waals surface area contributed by atoms with Gasteiger partial charge in [0.15, 0.2) is 0 Å². The predicted molar refractivity (Wildman–Crippen MR) is 121 cm³/mol. The van der Waals surface area contributed by atoms with Crippen molar-refractivity contribution < 1.29 is 22.1 Å².